The molecule has 5 nitrogen and oxygen atoms in total. The van der Waals surface area contributed by atoms with Crippen molar-refractivity contribution in [1.82, 2.24) is 15.6 Å². The molecule has 2 aliphatic rings. The molecule has 1 aliphatic heterocycles. The molecule has 2 heterocycles. The van der Waals surface area contributed by atoms with Gasteiger partial charge >= 0.3 is 0 Å². The van der Waals surface area contributed by atoms with E-state index in [1.807, 2.05) is 11.3 Å². The fourth-order valence-corrected chi connectivity index (χ4v) is 3.92. The van der Waals surface area contributed by atoms with E-state index in [0.29, 0.717) is 26.3 Å². The molecular weight excluding hydrogens is 274 g/mol. The fraction of sp³-hybridized carbons (Fsp3) is 0.786. The topological polar surface area (TPSA) is 66.4 Å². The van der Waals surface area contributed by atoms with Crippen molar-refractivity contribution >= 4 is 11.3 Å². The monoisotopic (exact) mass is 297 g/mol. The maximum Gasteiger partial charge on any atom is 0.113 e. The van der Waals surface area contributed by atoms with Crippen LogP contribution < -0.4 is 10.6 Å². The van der Waals surface area contributed by atoms with Gasteiger partial charge in [0.05, 0.1) is 23.9 Å². The third-order valence-corrected chi connectivity index (χ3v) is 5.07. The smallest absolute Gasteiger partial charge is 0.113 e. The van der Waals surface area contributed by atoms with Crippen LogP contribution in [0.15, 0.2) is 0 Å². The minimum absolute atomic E-state index is 0.401. The van der Waals surface area contributed by atoms with Gasteiger partial charge in [-0.3, -0.25) is 0 Å². The predicted molar refractivity (Wildman–Crippen MR) is 79.4 cm³/mol. The molecule has 20 heavy (non-hydrogen) atoms. The maximum atomic E-state index is 10.4. The highest BCUT2D eigenvalue weighted by atomic mass is 32.1. The van der Waals surface area contributed by atoms with Gasteiger partial charge in [-0.15, -0.1) is 11.3 Å². The first-order chi connectivity index (χ1) is 9.75. The normalized spacial score (nSPS) is 26.4. The lowest BCUT2D eigenvalue weighted by molar-refractivity contribution is -0.0260. The molecule has 1 fully saturated rings. The highest BCUT2D eigenvalue weighted by Gasteiger charge is 2.28. The second kappa shape index (κ2) is 6.49. The molecule has 0 aromatic carbocycles. The second-order valence-corrected chi connectivity index (χ2v) is 6.88. The Morgan fingerprint density at radius 3 is 3.30 bits per heavy atom. The average Bonchev–Trinajstić information content (AvgIpc) is 2.93. The van der Waals surface area contributed by atoms with Gasteiger partial charge in [-0.1, -0.05) is 0 Å². The zero-order chi connectivity index (χ0) is 13.8. The molecule has 0 amide bonds. The van der Waals surface area contributed by atoms with Gasteiger partial charge in [-0.25, -0.2) is 4.98 Å². The SMILES string of the molecule is OC1(CNCCc2nc3c(s2)CCC3)CNCCOC1. The summed E-state index contributed by atoms with van der Waals surface area (Å²) in [6.07, 6.45) is 4.58. The predicted octanol–water partition coefficient (Wildman–Crippen LogP) is 0.115. The minimum atomic E-state index is -0.791. The van der Waals surface area contributed by atoms with Gasteiger partial charge < -0.3 is 20.5 Å². The molecule has 1 aromatic heterocycles. The summed E-state index contributed by atoms with van der Waals surface area (Å²) < 4.78 is 5.40. The van der Waals surface area contributed by atoms with E-state index in [2.05, 4.69) is 15.6 Å². The Labute approximate surface area is 123 Å². The lowest BCUT2D eigenvalue weighted by atomic mass is 10.1. The Bertz CT molecular complexity index is 420. The van der Waals surface area contributed by atoms with Gasteiger partial charge in [0, 0.05) is 37.5 Å². The Kier molecular flexibility index (Phi) is 4.68. The van der Waals surface area contributed by atoms with Crippen LogP contribution >= 0.6 is 11.3 Å². The molecule has 1 aromatic rings. The van der Waals surface area contributed by atoms with E-state index in [1.165, 1.54) is 28.4 Å². The van der Waals surface area contributed by atoms with Crippen molar-refractivity contribution in [3.63, 3.8) is 0 Å². The van der Waals surface area contributed by atoms with Crippen LogP contribution in [-0.4, -0.2) is 55.1 Å². The second-order valence-electron chi connectivity index (χ2n) is 5.71. The number of aryl methyl sites for hydroxylation is 2. The molecular formula is C14H23N3O2S. The summed E-state index contributed by atoms with van der Waals surface area (Å²) >= 11 is 1.86. The molecule has 0 saturated carbocycles. The van der Waals surface area contributed by atoms with Crippen molar-refractivity contribution in [2.24, 2.45) is 0 Å². The number of hydrogen-bond acceptors (Lipinski definition) is 6. The van der Waals surface area contributed by atoms with Gasteiger partial charge in [-0.05, 0) is 19.3 Å². The molecule has 1 aliphatic carbocycles. The summed E-state index contributed by atoms with van der Waals surface area (Å²) in [5.74, 6) is 0. The molecule has 3 N–H and O–H groups in total. The highest BCUT2D eigenvalue weighted by Crippen LogP contribution is 2.27. The van der Waals surface area contributed by atoms with Gasteiger partial charge in [-0.2, -0.15) is 0 Å². The van der Waals surface area contributed by atoms with E-state index in [1.54, 1.807) is 0 Å². The molecule has 0 radical (unpaired) electrons. The number of hydrogen-bond donors (Lipinski definition) is 3. The average molecular weight is 297 g/mol. The Morgan fingerprint density at radius 1 is 1.45 bits per heavy atom. The van der Waals surface area contributed by atoms with Crippen molar-refractivity contribution in [3.05, 3.63) is 15.6 Å². The largest absolute Gasteiger partial charge is 0.385 e. The van der Waals surface area contributed by atoms with Crippen molar-refractivity contribution in [3.8, 4) is 0 Å². The Balaban J connectivity index is 1.41. The first kappa shape index (κ1) is 14.4. The van der Waals surface area contributed by atoms with E-state index < -0.39 is 5.60 Å². The van der Waals surface area contributed by atoms with Crippen LogP contribution in [0.2, 0.25) is 0 Å². The first-order valence-electron chi connectivity index (χ1n) is 7.44. The van der Waals surface area contributed by atoms with Crippen LogP contribution in [-0.2, 0) is 24.0 Å². The number of rotatable bonds is 5. The van der Waals surface area contributed by atoms with Crippen LogP contribution in [0.25, 0.3) is 0 Å². The fourth-order valence-electron chi connectivity index (χ4n) is 2.76. The number of fused-ring (bicyclic) bond motifs is 1. The van der Waals surface area contributed by atoms with E-state index in [0.717, 1.165) is 25.9 Å². The number of aliphatic hydroxyl groups is 1. The van der Waals surface area contributed by atoms with Crippen LogP contribution in [0, 0.1) is 0 Å². The number of nitrogens with one attached hydrogen (secondary N) is 2. The van der Waals surface area contributed by atoms with Crippen LogP contribution in [0.3, 0.4) is 0 Å². The van der Waals surface area contributed by atoms with E-state index in [9.17, 15) is 5.11 Å². The quantitative estimate of drug-likeness (QED) is 0.674. The molecule has 6 heteroatoms. The van der Waals surface area contributed by atoms with E-state index >= 15 is 0 Å². The number of nitrogens with zero attached hydrogens (tertiary/aromatic N) is 1. The van der Waals surface area contributed by atoms with E-state index in [-0.39, 0.29) is 0 Å². The molecule has 1 unspecified atom stereocenters. The molecule has 0 bridgehead atoms. The number of ether oxygens (including phenoxy) is 1. The van der Waals surface area contributed by atoms with Gasteiger partial charge in [0.1, 0.15) is 5.60 Å². The molecule has 1 saturated heterocycles. The number of aromatic nitrogens is 1. The van der Waals surface area contributed by atoms with Crippen molar-refractivity contribution in [2.75, 3.05) is 39.4 Å². The van der Waals surface area contributed by atoms with E-state index in [4.69, 9.17) is 4.74 Å². The molecule has 1 atom stereocenters. The van der Waals surface area contributed by atoms with Crippen molar-refractivity contribution in [1.29, 1.82) is 0 Å². The van der Waals surface area contributed by atoms with Crippen LogP contribution in [0.5, 0.6) is 0 Å². The molecule has 0 spiro atoms. The number of thiazole rings is 1. The van der Waals surface area contributed by atoms with Gasteiger partial charge in [0.2, 0.25) is 0 Å². The van der Waals surface area contributed by atoms with Crippen molar-refractivity contribution < 1.29 is 9.84 Å². The summed E-state index contributed by atoms with van der Waals surface area (Å²) in [7, 11) is 0. The third-order valence-electron chi connectivity index (χ3n) is 3.86. The summed E-state index contributed by atoms with van der Waals surface area (Å²) in [5, 5.41) is 18.1. The maximum absolute atomic E-state index is 10.4. The molecule has 3 rings (SSSR count). The lowest BCUT2D eigenvalue weighted by Crippen LogP contribution is -2.50. The van der Waals surface area contributed by atoms with Gasteiger partial charge in [0.15, 0.2) is 0 Å². The minimum Gasteiger partial charge on any atom is -0.385 e. The third kappa shape index (κ3) is 3.56. The highest BCUT2D eigenvalue weighted by molar-refractivity contribution is 7.11. The molecule has 112 valence electrons. The summed E-state index contributed by atoms with van der Waals surface area (Å²) in [6.45, 7) is 3.89. The van der Waals surface area contributed by atoms with Crippen LogP contribution in [0.1, 0.15) is 22.0 Å². The van der Waals surface area contributed by atoms with Gasteiger partial charge in [0.25, 0.3) is 0 Å². The number of β-amino-alcohol motifs (C(OH)–C–C–N with tert-alkyl or cyclic N) is 1. The summed E-state index contributed by atoms with van der Waals surface area (Å²) in [4.78, 5) is 6.17. The van der Waals surface area contributed by atoms with Crippen molar-refractivity contribution in [2.45, 2.75) is 31.3 Å². The zero-order valence-electron chi connectivity index (χ0n) is 11.8. The lowest BCUT2D eigenvalue weighted by Gasteiger charge is -2.26. The zero-order valence-corrected chi connectivity index (χ0v) is 12.6. The summed E-state index contributed by atoms with van der Waals surface area (Å²) in [5.41, 5.74) is 0.534. The Hall–Kier alpha value is -0.530. The standard InChI is InChI=1S/C14H23N3O2S/c18-14(9-16-6-7-19-10-14)8-15-5-4-13-17-11-2-1-3-12(11)20-13/h15-16,18H,1-10H2. The van der Waals surface area contributed by atoms with Crippen LogP contribution in [0.4, 0.5) is 0 Å². The first-order valence-corrected chi connectivity index (χ1v) is 8.26. The Morgan fingerprint density at radius 2 is 2.40 bits per heavy atom. The summed E-state index contributed by atoms with van der Waals surface area (Å²) in [6, 6.07) is 0.